The van der Waals surface area contributed by atoms with Crippen LogP contribution in [0.4, 0.5) is 4.79 Å². The van der Waals surface area contributed by atoms with E-state index < -0.39 is 5.97 Å². The molecule has 112 valence electrons. The Kier molecular flexibility index (Phi) is 6.55. The number of urea groups is 1. The summed E-state index contributed by atoms with van der Waals surface area (Å²) in [6, 6.07) is -0.436. The zero-order valence-electron chi connectivity index (χ0n) is 11.8. The van der Waals surface area contributed by atoms with Crippen LogP contribution in [0.3, 0.4) is 0 Å². The Morgan fingerprint density at radius 2 is 2.15 bits per heavy atom. The van der Waals surface area contributed by atoms with Gasteiger partial charge in [0.2, 0.25) is 0 Å². The molecule has 1 aromatic rings. The second kappa shape index (κ2) is 8.19. The Hall–Kier alpha value is -2.05. The Balaban J connectivity index is 2.15. The summed E-state index contributed by atoms with van der Waals surface area (Å²) >= 11 is 0. The molecular formula is C13H22N4O3. The van der Waals surface area contributed by atoms with Crippen LogP contribution >= 0.6 is 0 Å². The number of aliphatic carboxylic acids is 1. The standard InChI is InChI=1S/C13H22N4O3/c1-9(3-4-11(18)19)5-6-16-13(20)17-10(2)12-14-7-8-15-12/h7-10H,3-6H2,1-2H3,(H,14,15)(H,18,19)(H2,16,17,20). The normalized spacial score (nSPS) is 13.5. The van der Waals surface area contributed by atoms with Gasteiger partial charge in [-0.2, -0.15) is 0 Å². The van der Waals surface area contributed by atoms with Crippen molar-refractivity contribution >= 4 is 12.0 Å². The molecule has 1 heterocycles. The summed E-state index contributed by atoms with van der Waals surface area (Å²) in [4.78, 5) is 29.1. The fraction of sp³-hybridized carbons (Fsp3) is 0.615. The minimum absolute atomic E-state index is 0.170. The van der Waals surface area contributed by atoms with E-state index in [2.05, 4.69) is 20.6 Å². The third-order valence-corrected chi connectivity index (χ3v) is 3.05. The SMILES string of the molecule is CC(CCNC(=O)NC(C)c1ncc[nH]1)CCC(=O)O. The van der Waals surface area contributed by atoms with Gasteiger partial charge in [0.05, 0.1) is 6.04 Å². The Bertz CT molecular complexity index is 419. The Morgan fingerprint density at radius 1 is 1.40 bits per heavy atom. The van der Waals surface area contributed by atoms with E-state index in [-0.39, 0.29) is 24.4 Å². The number of nitrogens with zero attached hydrogens (tertiary/aromatic N) is 1. The van der Waals surface area contributed by atoms with Crippen LogP contribution in [0.2, 0.25) is 0 Å². The number of carbonyl (C=O) groups is 2. The van der Waals surface area contributed by atoms with E-state index in [9.17, 15) is 9.59 Å². The molecule has 7 nitrogen and oxygen atoms in total. The fourth-order valence-electron chi connectivity index (χ4n) is 1.78. The number of nitrogens with one attached hydrogen (secondary N) is 3. The van der Waals surface area contributed by atoms with Gasteiger partial charge in [0.15, 0.2) is 0 Å². The number of amides is 2. The maximum absolute atomic E-state index is 11.6. The molecule has 4 N–H and O–H groups in total. The molecule has 1 aromatic heterocycles. The third kappa shape index (κ3) is 6.21. The van der Waals surface area contributed by atoms with Gasteiger partial charge < -0.3 is 20.7 Å². The van der Waals surface area contributed by atoms with Crippen LogP contribution in [0.15, 0.2) is 12.4 Å². The first kappa shape index (κ1) is 16.0. The van der Waals surface area contributed by atoms with Crippen LogP contribution in [0.5, 0.6) is 0 Å². The van der Waals surface area contributed by atoms with Crippen molar-refractivity contribution in [3.8, 4) is 0 Å². The number of rotatable bonds is 8. The summed E-state index contributed by atoms with van der Waals surface area (Å²) in [5, 5.41) is 14.1. The van der Waals surface area contributed by atoms with Gasteiger partial charge in [-0.25, -0.2) is 9.78 Å². The summed E-state index contributed by atoms with van der Waals surface area (Å²) in [6.07, 6.45) is 4.89. The van der Waals surface area contributed by atoms with E-state index in [1.807, 2.05) is 13.8 Å². The number of carboxylic acid groups (broad SMARTS) is 1. The lowest BCUT2D eigenvalue weighted by Crippen LogP contribution is -2.38. The van der Waals surface area contributed by atoms with Crippen molar-refractivity contribution < 1.29 is 14.7 Å². The molecule has 2 amide bonds. The van der Waals surface area contributed by atoms with E-state index in [0.717, 1.165) is 6.42 Å². The number of H-pyrrole nitrogens is 1. The zero-order chi connectivity index (χ0) is 15.0. The van der Waals surface area contributed by atoms with Crippen molar-refractivity contribution in [1.82, 2.24) is 20.6 Å². The van der Waals surface area contributed by atoms with Crippen molar-refractivity contribution in [2.45, 2.75) is 39.2 Å². The van der Waals surface area contributed by atoms with E-state index >= 15 is 0 Å². The Labute approximate surface area is 118 Å². The van der Waals surface area contributed by atoms with E-state index in [1.54, 1.807) is 12.4 Å². The van der Waals surface area contributed by atoms with E-state index in [0.29, 0.717) is 18.8 Å². The maximum Gasteiger partial charge on any atom is 0.315 e. The predicted molar refractivity (Wildman–Crippen MR) is 74.2 cm³/mol. The lowest BCUT2D eigenvalue weighted by Gasteiger charge is -2.14. The van der Waals surface area contributed by atoms with Gasteiger partial charge in [0, 0.05) is 25.4 Å². The summed E-state index contributed by atoms with van der Waals surface area (Å²) in [5.74, 6) is 0.193. The number of hydrogen-bond donors (Lipinski definition) is 4. The van der Waals surface area contributed by atoms with Crippen molar-refractivity contribution in [3.05, 3.63) is 18.2 Å². The molecule has 0 fully saturated rings. The largest absolute Gasteiger partial charge is 0.481 e. The molecule has 2 atom stereocenters. The molecule has 2 unspecified atom stereocenters. The Morgan fingerprint density at radius 3 is 2.75 bits per heavy atom. The predicted octanol–water partition coefficient (Wildman–Crippen LogP) is 1.66. The minimum Gasteiger partial charge on any atom is -0.481 e. The van der Waals surface area contributed by atoms with Gasteiger partial charge in [0.25, 0.3) is 0 Å². The van der Waals surface area contributed by atoms with Crippen LogP contribution < -0.4 is 10.6 Å². The molecule has 0 aliphatic rings. The molecule has 0 bridgehead atoms. The van der Waals surface area contributed by atoms with E-state index in [4.69, 9.17) is 5.11 Å². The van der Waals surface area contributed by atoms with Crippen LogP contribution in [0.25, 0.3) is 0 Å². The lowest BCUT2D eigenvalue weighted by molar-refractivity contribution is -0.137. The summed E-state index contributed by atoms with van der Waals surface area (Å²) in [6.45, 7) is 4.35. The average molecular weight is 282 g/mol. The van der Waals surface area contributed by atoms with Gasteiger partial charge in [-0.05, 0) is 25.7 Å². The van der Waals surface area contributed by atoms with E-state index in [1.165, 1.54) is 0 Å². The van der Waals surface area contributed by atoms with Crippen LogP contribution in [0.1, 0.15) is 45.0 Å². The number of carbonyl (C=O) groups excluding carboxylic acids is 1. The molecule has 0 saturated heterocycles. The smallest absolute Gasteiger partial charge is 0.315 e. The molecular weight excluding hydrogens is 260 g/mol. The fourth-order valence-corrected chi connectivity index (χ4v) is 1.78. The maximum atomic E-state index is 11.6. The van der Waals surface area contributed by atoms with Crippen molar-refractivity contribution in [2.75, 3.05) is 6.54 Å². The molecule has 7 heteroatoms. The molecule has 0 aliphatic carbocycles. The highest BCUT2D eigenvalue weighted by atomic mass is 16.4. The lowest BCUT2D eigenvalue weighted by atomic mass is 10.0. The highest BCUT2D eigenvalue weighted by molar-refractivity contribution is 5.74. The quantitative estimate of drug-likeness (QED) is 0.581. The van der Waals surface area contributed by atoms with Gasteiger partial charge in [-0.1, -0.05) is 6.92 Å². The van der Waals surface area contributed by atoms with Crippen LogP contribution in [-0.4, -0.2) is 33.6 Å². The third-order valence-electron chi connectivity index (χ3n) is 3.05. The molecule has 1 rings (SSSR count). The topological polar surface area (TPSA) is 107 Å². The highest BCUT2D eigenvalue weighted by Crippen LogP contribution is 2.09. The molecule has 0 spiro atoms. The number of hydrogen-bond acceptors (Lipinski definition) is 3. The number of aromatic nitrogens is 2. The summed E-state index contributed by atoms with van der Waals surface area (Å²) in [7, 11) is 0. The monoisotopic (exact) mass is 282 g/mol. The first-order valence-electron chi connectivity index (χ1n) is 6.74. The highest BCUT2D eigenvalue weighted by Gasteiger charge is 2.11. The first-order valence-corrected chi connectivity index (χ1v) is 6.74. The number of carboxylic acids is 1. The number of aromatic amines is 1. The summed E-state index contributed by atoms with van der Waals surface area (Å²) in [5.41, 5.74) is 0. The van der Waals surface area contributed by atoms with Gasteiger partial charge >= 0.3 is 12.0 Å². The van der Waals surface area contributed by atoms with Crippen LogP contribution in [0, 0.1) is 5.92 Å². The molecule has 0 aliphatic heterocycles. The van der Waals surface area contributed by atoms with Crippen molar-refractivity contribution in [2.24, 2.45) is 5.92 Å². The molecule has 0 aromatic carbocycles. The average Bonchev–Trinajstić information content (AvgIpc) is 2.90. The molecule has 0 radical (unpaired) electrons. The summed E-state index contributed by atoms with van der Waals surface area (Å²) < 4.78 is 0. The van der Waals surface area contributed by atoms with Gasteiger partial charge in [-0.15, -0.1) is 0 Å². The second-order valence-corrected chi connectivity index (χ2v) is 4.92. The minimum atomic E-state index is -0.783. The zero-order valence-corrected chi connectivity index (χ0v) is 11.8. The second-order valence-electron chi connectivity index (χ2n) is 4.92. The van der Waals surface area contributed by atoms with Crippen molar-refractivity contribution in [1.29, 1.82) is 0 Å². The molecule has 0 saturated carbocycles. The van der Waals surface area contributed by atoms with Gasteiger partial charge in [-0.3, -0.25) is 4.79 Å². The van der Waals surface area contributed by atoms with Crippen LogP contribution in [-0.2, 0) is 4.79 Å². The molecule has 20 heavy (non-hydrogen) atoms. The number of imidazole rings is 1. The first-order chi connectivity index (χ1) is 9.49. The van der Waals surface area contributed by atoms with Gasteiger partial charge in [0.1, 0.15) is 5.82 Å². The van der Waals surface area contributed by atoms with Crippen molar-refractivity contribution in [3.63, 3.8) is 0 Å².